The molecule has 0 aliphatic carbocycles. The van der Waals surface area contributed by atoms with Crippen LogP contribution in [0.4, 0.5) is 28.8 Å². The number of nitrogens with one attached hydrogen (secondary N) is 4. The van der Waals surface area contributed by atoms with E-state index in [-0.39, 0.29) is 84.2 Å². The van der Waals surface area contributed by atoms with E-state index in [9.17, 15) is 28.8 Å². The Kier molecular flexibility index (Phi) is 19.1. The van der Waals surface area contributed by atoms with Crippen LogP contribution in [0.3, 0.4) is 0 Å². The Hall–Kier alpha value is -6.80. The number of hydrogen-bond donors (Lipinski definition) is 4. The lowest BCUT2D eigenvalue weighted by Crippen LogP contribution is -2.56. The van der Waals surface area contributed by atoms with E-state index in [0.717, 1.165) is 27.8 Å². The first-order valence-corrected chi connectivity index (χ1v) is 24.2. The largest absolute Gasteiger partial charge is 0.447 e. The Balaban J connectivity index is 0.934. The van der Waals surface area contributed by atoms with Crippen molar-refractivity contribution in [3.05, 3.63) is 107 Å². The zero-order valence-electron chi connectivity index (χ0n) is 41.7. The molecule has 3 aliphatic rings. The van der Waals surface area contributed by atoms with Crippen LogP contribution in [0.25, 0.3) is 0 Å². The molecule has 0 radical (unpaired) electrons. The number of ether oxygens (including phenoxy) is 6. The van der Waals surface area contributed by atoms with E-state index in [1.165, 1.54) is 4.90 Å². The Morgan fingerprint density at radius 1 is 0.549 bits per heavy atom. The second-order valence-electron chi connectivity index (χ2n) is 19.6. The highest BCUT2D eigenvalue weighted by atomic mass is 16.6. The van der Waals surface area contributed by atoms with Crippen LogP contribution in [0.15, 0.2) is 78.9 Å². The first-order chi connectivity index (χ1) is 33.9. The number of nitrogens with zero attached hydrogens (tertiary/aromatic N) is 4. The standard InChI is InChI=1S/C51H70N8O12/c1-50(2,3)70-46(62)54-32-39-16-10-14-37(28-39)30-52-44(60)56-19-23-58(24-20-56)48(64)68-35-42-43(67-34-36-12-8-7-9-13-36)41(18-27-66-42)69-49(65)59-25-21-57(22-26-59)45(61)53-31-38-15-11-17-40(29-38)33-55-47(63)71-51(4,5)6/h7-17,28-29,41-43H,18-27,30-35H2,1-6H3,(H,52,60)(H,53,61)(H,54,62)(H,55,63)/t41-,42-,43+/m1/s1. The minimum atomic E-state index is -0.762. The number of piperazine rings is 2. The lowest BCUT2D eigenvalue weighted by atomic mass is 10.0. The van der Waals surface area contributed by atoms with Crippen molar-refractivity contribution in [1.29, 1.82) is 0 Å². The van der Waals surface area contributed by atoms with Gasteiger partial charge < -0.3 is 69.3 Å². The molecule has 3 heterocycles. The molecule has 4 N–H and O–H groups in total. The molecule has 3 aromatic carbocycles. The monoisotopic (exact) mass is 987 g/mol. The average molecular weight is 987 g/mol. The van der Waals surface area contributed by atoms with Crippen molar-refractivity contribution < 1.29 is 57.2 Å². The molecule has 20 heteroatoms. The smallest absolute Gasteiger partial charge is 0.410 e. The number of rotatable bonds is 14. The van der Waals surface area contributed by atoms with E-state index >= 15 is 0 Å². The van der Waals surface area contributed by atoms with Gasteiger partial charge in [0.25, 0.3) is 0 Å². The van der Waals surface area contributed by atoms with Crippen molar-refractivity contribution >= 4 is 36.4 Å². The Bertz CT molecular complexity index is 2260. The number of hydrogen-bond acceptors (Lipinski definition) is 12. The van der Waals surface area contributed by atoms with Gasteiger partial charge in [-0.05, 0) is 69.4 Å². The fourth-order valence-electron chi connectivity index (χ4n) is 7.97. The average Bonchev–Trinajstić information content (AvgIpc) is 3.34. The topological polar surface area (TPSA) is 219 Å². The SMILES string of the molecule is CC(C)(C)OC(=O)NCc1cccc(CNC(=O)N2CCN(C(=O)OC[C@H]3OCC[C@@H](OC(=O)N4CCN(C(=O)NCc5cccc(CNC(=O)OC(C)(C)C)c5)CC4)[C@@H]3OCc3ccccc3)CC2)c1. The highest BCUT2D eigenvalue weighted by molar-refractivity contribution is 5.76. The van der Waals surface area contributed by atoms with Gasteiger partial charge in [0.15, 0.2) is 0 Å². The number of carbonyl (C=O) groups is 6. The zero-order valence-corrected chi connectivity index (χ0v) is 41.7. The van der Waals surface area contributed by atoms with Crippen LogP contribution in [0.2, 0.25) is 0 Å². The van der Waals surface area contributed by atoms with Gasteiger partial charge in [-0.3, -0.25) is 0 Å². The van der Waals surface area contributed by atoms with Gasteiger partial charge in [-0.2, -0.15) is 0 Å². The molecular weight excluding hydrogens is 917 g/mol. The molecule has 3 aliphatic heterocycles. The second-order valence-corrected chi connectivity index (χ2v) is 19.6. The Labute approximate surface area is 415 Å². The molecule has 6 rings (SSSR count). The summed E-state index contributed by atoms with van der Waals surface area (Å²) in [5.74, 6) is 0. The first-order valence-electron chi connectivity index (χ1n) is 24.2. The molecule has 0 spiro atoms. The molecule has 386 valence electrons. The minimum Gasteiger partial charge on any atom is -0.447 e. The van der Waals surface area contributed by atoms with E-state index in [0.29, 0.717) is 32.6 Å². The molecule has 3 saturated heterocycles. The Morgan fingerprint density at radius 3 is 1.44 bits per heavy atom. The molecule has 0 bridgehead atoms. The second kappa shape index (κ2) is 25.4. The van der Waals surface area contributed by atoms with Gasteiger partial charge in [-0.25, -0.2) is 28.8 Å². The van der Waals surface area contributed by atoms with Crippen molar-refractivity contribution in [1.82, 2.24) is 40.9 Å². The molecule has 0 unspecified atom stereocenters. The van der Waals surface area contributed by atoms with Gasteiger partial charge in [0.2, 0.25) is 0 Å². The van der Waals surface area contributed by atoms with Crippen molar-refractivity contribution in [3.63, 3.8) is 0 Å². The van der Waals surface area contributed by atoms with Gasteiger partial charge in [0, 0.05) is 85.0 Å². The third kappa shape index (κ3) is 17.8. The number of amides is 8. The lowest BCUT2D eigenvalue weighted by molar-refractivity contribution is -0.178. The summed E-state index contributed by atoms with van der Waals surface area (Å²) < 4.78 is 35.0. The molecule has 20 nitrogen and oxygen atoms in total. The van der Waals surface area contributed by atoms with E-state index in [4.69, 9.17) is 28.4 Å². The maximum Gasteiger partial charge on any atom is 0.410 e. The molecule has 71 heavy (non-hydrogen) atoms. The summed E-state index contributed by atoms with van der Waals surface area (Å²) in [5, 5.41) is 11.4. The van der Waals surface area contributed by atoms with Crippen molar-refractivity contribution in [2.24, 2.45) is 0 Å². The van der Waals surface area contributed by atoms with Crippen LogP contribution < -0.4 is 21.3 Å². The molecular formula is C51H70N8O12. The summed E-state index contributed by atoms with van der Waals surface area (Å²) in [6.45, 7) is 14.4. The quantitative estimate of drug-likeness (QED) is 0.135. The van der Waals surface area contributed by atoms with Gasteiger partial charge >= 0.3 is 36.4 Å². The predicted molar refractivity (Wildman–Crippen MR) is 261 cm³/mol. The number of carbonyl (C=O) groups excluding carboxylic acids is 6. The summed E-state index contributed by atoms with van der Waals surface area (Å²) in [7, 11) is 0. The fraction of sp³-hybridized carbons (Fsp3) is 0.529. The molecule has 3 fully saturated rings. The van der Waals surface area contributed by atoms with Crippen LogP contribution in [0, 0.1) is 0 Å². The third-order valence-electron chi connectivity index (χ3n) is 11.6. The van der Waals surface area contributed by atoms with Crippen LogP contribution >= 0.6 is 0 Å². The van der Waals surface area contributed by atoms with Gasteiger partial charge in [0.1, 0.15) is 36.1 Å². The van der Waals surface area contributed by atoms with Gasteiger partial charge in [-0.1, -0.05) is 78.9 Å². The molecule has 0 saturated carbocycles. The predicted octanol–water partition coefficient (Wildman–Crippen LogP) is 6.11. The van der Waals surface area contributed by atoms with E-state index in [1.807, 2.05) is 78.9 Å². The number of benzene rings is 3. The zero-order chi connectivity index (χ0) is 51.0. The van der Waals surface area contributed by atoms with Crippen molar-refractivity contribution in [3.8, 4) is 0 Å². The van der Waals surface area contributed by atoms with Crippen molar-refractivity contribution in [2.75, 3.05) is 65.6 Å². The van der Waals surface area contributed by atoms with Crippen LogP contribution in [0.1, 0.15) is 75.8 Å². The molecule has 3 atom stereocenters. The maximum atomic E-state index is 13.6. The normalized spacial score (nSPS) is 18.4. The maximum absolute atomic E-state index is 13.6. The summed E-state index contributed by atoms with van der Waals surface area (Å²) in [4.78, 5) is 83.8. The van der Waals surface area contributed by atoms with E-state index in [2.05, 4.69) is 21.3 Å². The lowest BCUT2D eigenvalue weighted by Gasteiger charge is -2.39. The molecule has 0 aromatic heterocycles. The summed E-state index contributed by atoms with van der Waals surface area (Å²) in [6.07, 6.45) is -3.98. The number of urea groups is 2. The fourth-order valence-corrected chi connectivity index (χ4v) is 7.97. The van der Waals surface area contributed by atoms with Crippen LogP contribution in [-0.4, -0.2) is 151 Å². The van der Waals surface area contributed by atoms with Crippen molar-refractivity contribution in [2.45, 2.75) is 110 Å². The molecule has 3 aromatic rings. The summed E-state index contributed by atoms with van der Waals surface area (Å²) in [5.41, 5.74) is 3.14. The number of alkyl carbamates (subject to hydrolysis) is 2. The third-order valence-corrected chi connectivity index (χ3v) is 11.6. The Morgan fingerprint density at radius 2 is 0.972 bits per heavy atom. The van der Waals surface area contributed by atoms with Crippen LogP contribution in [-0.2, 0) is 61.2 Å². The van der Waals surface area contributed by atoms with Crippen LogP contribution in [0.5, 0.6) is 0 Å². The summed E-state index contributed by atoms with van der Waals surface area (Å²) in [6, 6.07) is 24.1. The molecule has 8 amide bonds. The van der Waals surface area contributed by atoms with Gasteiger partial charge in [-0.15, -0.1) is 0 Å². The van der Waals surface area contributed by atoms with E-state index in [1.54, 1.807) is 56.2 Å². The highest BCUT2D eigenvalue weighted by Crippen LogP contribution is 2.25. The summed E-state index contributed by atoms with van der Waals surface area (Å²) >= 11 is 0. The van der Waals surface area contributed by atoms with E-state index < -0.39 is 53.9 Å². The highest BCUT2D eigenvalue weighted by Gasteiger charge is 2.40. The minimum absolute atomic E-state index is 0.152. The first kappa shape index (κ1) is 53.5. The van der Waals surface area contributed by atoms with Gasteiger partial charge in [0.05, 0.1) is 13.2 Å².